The zero-order chi connectivity index (χ0) is 37.1. The molecule has 9 N–H and O–H groups in total. The predicted octanol–water partition coefficient (Wildman–Crippen LogP) is -0.697. The van der Waals surface area contributed by atoms with E-state index in [0.29, 0.717) is 42.7 Å². The largest absolute Gasteiger partial charge is 0.480 e. The van der Waals surface area contributed by atoms with E-state index >= 15 is 0 Å². The first-order chi connectivity index (χ1) is 23.6. The Morgan fingerprint density at radius 3 is 1.78 bits per heavy atom. The van der Waals surface area contributed by atoms with Crippen LogP contribution in [0.1, 0.15) is 71.9 Å². The second kappa shape index (κ2) is 18.6. The second-order valence-electron chi connectivity index (χ2n) is 13.7. The van der Waals surface area contributed by atoms with Crippen LogP contribution >= 0.6 is 12.2 Å². The van der Waals surface area contributed by atoms with Crippen LogP contribution < -0.4 is 27.0 Å². The predicted molar refractivity (Wildman–Crippen MR) is 184 cm³/mol. The zero-order valence-corrected chi connectivity index (χ0v) is 29.9. The van der Waals surface area contributed by atoms with E-state index in [1.807, 2.05) is 27.7 Å². The SMILES string of the molecule is CC(C)C[C@H](NC(=O)[C@@H]1CCCN1C(=O)CNC(=O)[C@H](CC(C)C)NC(=O)[C@@H]1CCCN1C(=O)CNC(=O)[C@@H](N)Cc1c[nH]c(=S)[nH]1)C(=O)O. The highest BCUT2D eigenvalue weighted by Crippen LogP contribution is 2.20. The lowest BCUT2D eigenvalue weighted by molar-refractivity contribution is -0.144. The third-order valence-electron chi connectivity index (χ3n) is 8.67. The quantitative estimate of drug-likeness (QED) is 0.0940. The number of carboxylic acid groups (broad SMARTS) is 1. The Morgan fingerprint density at radius 1 is 0.840 bits per heavy atom. The summed E-state index contributed by atoms with van der Waals surface area (Å²) in [6.07, 6.45) is 4.10. The Balaban J connectivity index is 1.54. The minimum absolute atomic E-state index is 0.0104. The van der Waals surface area contributed by atoms with Gasteiger partial charge in [-0.3, -0.25) is 28.8 Å². The number of likely N-dealkylation sites (tertiary alicyclic amines) is 2. The van der Waals surface area contributed by atoms with Crippen LogP contribution in [-0.4, -0.2) is 123 Å². The van der Waals surface area contributed by atoms with Crippen LogP contribution in [0.2, 0.25) is 0 Å². The van der Waals surface area contributed by atoms with Gasteiger partial charge in [0.05, 0.1) is 19.1 Å². The molecule has 278 valence electrons. The molecule has 2 aliphatic rings. The number of hydrogen-bond donors (Lipinski definition) is 8. The minimum Gasteiger partial charge on any atom is -0.480 e. The molecule has 0 unspecified atom stereocenters. The van der Waals surface area contributed by atoms with Crippen molar-refractivity contribution in [1.29, 1.82) is 0 Å². The van der Waals surface area contributed by atoms with Gasteiger partial charge in [-0.05, 0) is 62.6 Å². The average molecular weight is 722 g/mol. The third kappa shape index (κ3) is 11.6. The molecule has 0 bridgehead atoms. The van der Waals surface area contributed by atoms with E-state index in [1.54, 1.807) is 6.20 Å². The number of amides is 6. The average Bonchev–Trinajstić information content (AvgIpc) is 3.82. The Labute approximate surface area is 296 Å². The Morgan fingerprint density at radius 2 is 1.32 bits per heavy atom. The van der Waals surface area contributed by atoms with Crippen molar-refractivity contribution in [3.63, 3.8) is 0 Å². The van der Waals surface area contributed by atoms with Gasteiger partial charge in [0.25, 0.3) is 0 Å². The number of rotatable bonds is 17. The highest BCUT2D eigenvalue weighted by atomic mass is 32.1. The number of hydrogen-bond acceptors (Lipinski definition) is 9. The molecule has 0 aliphatic carbocycles. The molecule has 2 aliphatic heterocycles. The monoisotopic (exact) mass is 721 g/mol. The van der Waals surface area contributed by atoms with Gasteiger partial charge in [0.2, 0.25) is 35.4 Å². The number of H-pyrrole nitrogens is 2. The Bertz CT molecular complexity index is 1460. The minimum atomic E-state index is -1.15. The molecule has 0 saturated carbocycles. The number of aromatic nitrogens is 2. The molecule has 50 heavy (non-hydrogen) atoms. The molecule has 1 aromatic rings. The highest BCUT2D eigenvalue weighted by Gasteiger charge is 2.38. The van der Waals surface area contributed by atoms with Crippen LogP contribution in [0.25, 0.3) is 0 Å². The van der Waals surface area contributed by atoms with E-state index in [-0.39, 0.29) is 44.2 Å². The molecule has 0 aromatic carbocycles. The zero-order valence-electron chi connectivity index (χ0n) is 29.1. The number of aliphatic carboxylic acids is 1. The number of nitrogens with one attached hydrogen (secondary N) is 6. The first-order valence-corrected chi connectivity index (χ1v) is 17.5. The van der Waals surface area contributed by atoms with E-state index < -0.39 is 78.2 Å². The Hall–Kier alpha value is -4.32. The summed E-state index contributed by atoms with van der Waals surface area (Å²) in [7, 11) is 0. The van der Waals surface area contributed by atoms with Crippen molar-refractivity contribution < 1.29 is 38.7 Å². The summed E-state index contributed by atoms with van der Waals surface area (Å²) in [6.45, 7) is 7.23. The topological polar surface area (TPSA) is 252 Å². The molecule has 2 fully saturated rings. The van der Waals surface area contributed by atoms with Gasteiger partial charge in [-0.2, -0.15) is 0 Å². The summed E-state index contributed by atoms with van der Waals surface area (Å²) in [5.74, 6) is -4.33. The van der Waals surface area contributed by atoms with Crippen LogP contribution in [0.4, 0.5) is 0 Å². The summed E-state index contributed by atoms with van der Waals surface area (Å²) < 4.78 is 0.398. The fourth-order valence-electron chi connectivity index (χ4n) is 6.20. The normalized spacial score (nSPS) is 19.2. The molecule has 5 atom stereocenters. The van der Waals surface area contributed by atoms with Gasteiger partial charge >= 0.3 is 5.97 Å². The fraction of sp³-hybridized carbons (Fsp3) is 0.688. The van der Waals surface area contributed by atoms with Crippen molar-refractivity contribution in [2.24, 2.45) is 17.6 Å². The van der Waals surface area contributed by atoms with Gasteiger partial charge in [-0.1, -0.05) is 27.7 Å². The molecule has 2 saturated heterocycles. The lowest BCUT2D eigenvalue weighted by atomic mass is 10.0. The van der Waals surface area contributed by atoms with Crippen molar-refractivity contribution in [2.75, 3.05) is 26.2 Å². The van der Waals surface area contributed by atoms with Crippen LogP contribution in [-0.2, 0) is 40.0 Å². The number of aromatic amines is 2. The molecule has 3 rings (SSSR count). The number of nitrogens with two attached hydrogens (primary N) is 1. The van der Waals surface area contributed by atoms with Gasteiger partial charge in [-0.25, -0.2) is 4.79 Å². The summed E-state index contributed by atoms with van der Waals surface area (Å²) >= 11 is 4.97. The highest BCUT2D eigenvalue weighted by molar-refractivity contribution is 7.71. The first-order valence-electron chi connectivity index (χ1n) is 17.1. The number of carbonyl (C=O) groups excluding carboxylic acids is 6. The van der Waals surface area contributed by atoms with E-state index in [1.165, 1.54) is 9.80 Å². The maximum Gasteiger partial charge on any atom is 0.326 e. The van der Waals surface area contributed by atoms with Gasteiger partial charge in [-0.15, -0.1) is 0 Å². The van der Waals surface area contributed by atoms with Crippen molar-refractivity contribution in [2.45, 2.75) is 103 Å². The molecule has 3 heterocycles. The Kier molecular flexibility index (Phi) is 14.9. The van der Waals surface area contributed by atoms with Crippen LogP contribution in [0.5, 0.6) is 0 Å². The maximum absolute atomic E-state index is 13.4. The van der Waals surface area contributed by atoms with Gasteiger partial charge in [0.15, 0.2) is 4.77 Å². The smallest absolute Gasteiger partial charge is 0.326 e. The number of nitrogens with zero attached hydrogens (tertiary/aromatic N) is 2. The maximum atomic E-state index is 13.4. The van der Waals surface area contributed by atoms with Gasteiger partial charge in [0, 0.05) is 31.4 Å². The second-order valence-corrected chi connectivity index (χ2v) is 14.1. The van der Waals surface area contributed by atoms with Gasteiger partial charge < -0.3 is 51.9 Å². The van der Waals surface area contributed by atoms with Crippen LogP contribution in [0.15, 0.2) is 6.20 Å². The van der Waals surface area contributed by atoms with Gasteiger partial charge in [0.1, 0.15) is 24.2 Å². The molecular weight excluding hydrogens is 670 g/mol. The summed E-state index contributed by atoms with van der Waals surface area (Å²) in [5.41, 5.74) is 6.61. The summed E-state index contributed by atoms with van der Waals surface area (Å²) in [4.78, 5) is 98.4. The molecular formula is C32H51N9O8S. The number of carboxylic acids is 1. The molecule has 0 radical (unpaired) electrons. The van der Waals surface area contributed by atoms with Crippen LogP contribution in [0, 0.1) is 16.6 Å². The number of carbonyl (C=O) groups is 7. The van der Waals surface area contributed by atoms with E-state index in [2.05, 4.69) is 31.2 Å². The molecule has 18 heteroatoms. The molecule has 0 spiro atoms. The summed E-state index contributed by atoms with van der Waals surface area (Å²) in [6, 6.07) is -4.73. The van der Waals surface area contributed by atoms with Crippen molar-refractivity contribution in [3.05, 3.63) is 16.7 Å². The lowest BCUT2D eigenvalue weighted by Gasteiger charge is -2.28. The molecule has 1 aromatic heterocycles. The van der Waals surface area contributed by atoms with Crippen molar-refractivity contribution >= 4 is 53.6 Å². The summed E-state index contributed by atoms with van der Waals surface area (Å²) in [5, 5.41) is 19.9. The third-order valence-corrected chi connectivity index (χ3v) is 8.89. The fourth-order valence-corrected chi connectivity index (χ4v) is 6.39. The van der Waals surface area contributed by atoms with E-state index in [9.17, 15) is 38.7 Å². The number of imidazole rings is 1. The first kappa shape index (κ1) is 40.1. The van der Waals surface area contributed by atoms with Crippen molar-refractivity contribution in [1.82, 2.24) is 41.0 Å². The lowest BCUT2D eigenvalue weighted by Crippen LogP contribution is -2.56. The van der Waals surface area contributed by atoms with Crippen molar-refractivity contribution in [3.8, 4) is 0 Å². The molecule has 17 nitrogen and oxygen atoms in total. The van der Waals surface area contributed by atoms with Crippen LogP contribution in [0.3, 0.4) is 0 Å². The van der Waals surface area contributed by atoms with E-state index in [4.69, 9.17) is 18.0 Å². The standard InChI is InChI=1S/C32H51N9O8S/c1-17(2)11-21(28(45)35-16-26(43)41-10-6-8-24(41)30(47)39-22(31(48)49)12-18(3)4)38-29(46)23-7-5-9-40(23)25(42)15-34-27(44)20(33)13-19-14-36-32(50)37-19/h14,17-18,20-24H,5-13,15-16,33H2,1-4H3,(H,34,44)(H,35,45)(H,38,46)(H,39,47)(H,48,49)(H2,36,37,50)/t20-,21-,22-,23-,24-/m0/s1. The van der Waals surface area contributed by atoms with E-state index in [0.717, 1.165) is 0 Å². The molecule has 6 amide bonds.